The summed E-state index contributed by atoms with van der Waals surface area (Å²) in [7, 11) is 1.72. The molecule has 1 aliphatic heterocycles. The smallest absolute Gasteiger partial charge is 0.320 e. The molecule has 7 nitrogen and oxygen atoms in total. The fourth-order valence-electron chi connectivity index (χ4n) is 3.54. The van der Waals surface area contributed by atoms with Crippen molar-refractivity contribution in [1.82, 2.24) is 20.0 Å². The predicted molar refractivity (Wildman–Crippen MR) is 111 cm³/mol. The molecule has 7 heteroatoms. The Morgan fingerprint density at radius 3 is 2.68 bits per heavy atom. The summed E-state index contributed by atoms with van der Waals surface area (Å²) >= 11 is 0. The van der Waals surface area contributed by atoms with Crippen molar-refractivity contribution in [3.63, 3.8) is 0 Å². The lowest BCUT2D eigenvalue weighted by Crippen LogP contribution is -2.46. The molecule has 0 radical (unpaired) electrons. The van der Waals surface area contributed by atoms with Crippen LogP contribution in [0.1, 0.15) is 36.9 Å². The van der Waals surface area contributed by atoms with E-state index in [1.807, 2.05) is 36.0 Å². The molecule has 152 valence electrons. The van der Waals surface area contributed by atoms with E-state index in [2.05, 4.69) is 39.7 Å². The molecule has 0 aliphatic carbocycles. The van der Waals surface area contributed by atoms with Crippen LogP contribution in [0.5, 0.6) is 0 Å². The van der Waals surface area contributed by atoms with Gasteiger partial charge in [-0.25, -0.2) is 4.79 Å². The Labute approximate surface area is 167 Å². The SMILES string of the molecule is COCCN1CCC(NC(=O)Nc2nn([C@@H](C)c3ccccc3)cc2C)CC1. The summed E-state index contributed by atoms with van der Waals surface area (Å²) in [4.78, 5) is 14.8. The molecule has 28 heavy (non-hydrogen) atoms. The molecule has 2 amide bonds. The van der Waals surface area contributed by atoms with E-state index in [0.29, 0.717) is 5.82 Å². The third-order valence-electron chi connectivity index (χ3n) is 5.36. The number of urea groups is 1. The van der Waals surface area contributed by atoms with Gasteiger partial charge in [0.2, 0.25) is 0 Å². The summed E-state index contributed by atoms with van der Waals surface area (Å²) in [6, 6.07) is 10.3. The topological polar surface area (TPSA) is 71.4 Å². The average Bonchev–Trinajstić information content (AvgIpc) is 3.07. The van der Waals surface area contributed by atoms with Crippen LogP contribution < -0.4 is 10.6 Å². The molecule has 1 atom stereocenters. The standard InChI is InChI=1S/C21H31N5O2/c1-16-15-26(17(2)18-7-5-4-6-8-18)24-20(16)23-21(27)22-19-9-11-25(12-10-19)13-14-28-3/h4-8,15,17,19H,9-14H2,1-3H3,(H2,22,23,24,27)/t17-/m0/s1. The van der Waals surface area contributed by atoms with Gasteiger partial charge in [-0.15, -0.1) is 0 Å². The van der Waals surface area contributed by atoms with E-state index >= 15 is 0 Å². The summed E-state index contributed by atoms with van der Waals surface area (Å²) in [6.07, 6.45) is 3.88. The number of carbonyl (C=O) groups excluding carboxylic acids is 1. The first kappa shape index (κ1) is 20.4. The number of hydrogen-bond donors (Lipinski definition) is 2. The lowest BCUT2D eigenvalue weighted by atomic mass is 10.1. The number of aryl methyl sites for hydroxylation is 1. The largest absolute Gasteiger partial charge is 0.383 e. The van der Waals surface area contributed by atoms with Gasteiger partial charge in [0.1, 0.15) is 0 Å². The lowest BCUT2D eigenvalue weighted by molar-refractivity contribution is 0.127. The van der Waals surface area contributed by atoms with Crippen LogP contribution in [0, 0.1) is 6.92 Å². The Hall–Kier alpha value is -2.38. The summed E-state index contributed by atoms with van der Waals surface area (Å²) in [5, 5.41) is 10.6. The molecule has 1 aromatic heterocycles. The Kier molecular flexibility index (Phi) is 7.06. The van der Waals surface area contributed by atoms with E-state index < -0.39 is 0 Å². The molecule has 1 aliphatic rings. The number of amides is 2. The molecule has 2 heterocycles. The maximum Gasteiger partial charge on any atom is 0.320 e. The van der Waals surface area contributed by atoms with Crippen molar-refractivity contribution in [3.05, 3.63) is 47.7 Å². The first-order valence-electron chi connectivity index (χ1n) is 9.96. The normalized spacial score (nSPS) is 16.7. The van der Waals surface area contributed by atoms with Gasteiger partial charge in [0.25, 0.3) is 0 Å². The number of hydrogen-bond acceptors (Lipinski definition) is 4. The third-order valence-corrected chi connectivity index (χ3v) is 5.36. The fraction of sp³-hybridized carbons (Fsp3) is 0.524. The second-order valence-corrected chi connectivity index (χ2v) is 7.43. The zero-order chi connectivity index (χ0) is 19.9. The number of piperidine rings is 1. The first-order chi connectivity index (χ1) is 13.6. The number of ether oxygens (including phenoxy) is 1. The minimum absolute atomic E-state index is 0.106. The highest BCUT2D eigenvalue weighted by atomic mass is 16.5. The Balaban J connectivity index is 1.52. The van der Waals surface area contributed by atoms with Crippen LogP contribution in [0.4, 0.5) is 10.6 Å². The van der Waals surface area contributed by atoms with Gasteiger partial charge in [-0.2, -0.15) is 5.10 Å². The molecule has 0 unspecified atom stereocenters. The molecule has 1 aromatic carbocycles. The minimum atomic E-state index is -0.184. The molecule has 1 saturated heterocycles. The van der Waals surface area contributed by atoms with Crippen LogP contribution in [-0.4, -0.2) is 60.1 Å². The number of anilines is 1. The highest BCUT2D eigenvalue weighted by molar-refractivity contribution is 5.89. The Bertz CT molecular complexity index is 753. The summed E-state index contributed by atoms with van der Waals surface area (Å²) < 4.78 is 7.03. The average molecular weight is 386 g/mol. The molecule has 0 saturated carbocycles. The number of rotatable bonds is 7. The van der Waals surface area contributed by atoms with Crippen LogP contribution in [0.3, 0.4) is 0 Å². The lowest BCUT2D eigenvalue weighted by Gasteiger charge is -2.32. The zero-order valence-electron chi connectivity index (χ0n) is 17.0. The number of likely N-dealkylation sites (tertiary alicyclic amines) is 1. The Morgan fingerprint density at radius 1 is 1.29 bits per heavy atom. The van der Waals surface area contributed by atoms with Gasteiger partial charge in [-0.1, -0.05) is 30.3 Å². The van der Waals surface area contributed by atoms with Crippen LogP contribution in [0.15, 0.2) is 36.5 Å². The van der Waals surface area contributed by atoms with E-state index in [-0.39, 0.29) is 18.1 Å². The van der Waals surface area contributed by atoms with Gasteiger partial charge in [-0.3, -0.25) is 10.00 Å². The number of carbonyl (C=O) groups is 1. The third kappa shape index (κ3) is 5.33. The predicted octanol–water partition coefficient (Wildman–Crippen LogP) is 3.03. The molecule has 3 rings (SSSR count). The molecular weight excluding hydrogens is 354 g/mol. The van der Waals surface area contributed by atoms with Crippen LogP contribution in [-0.2, 0) is 4.74 Å². The van der Waals surface area contributed by atoms with Gasteiger partial charge in [0.05, 0.1) is 12.6 Å². The second kappa shape index (κ2) is 9.71. The van der Waals surface area contributed by atoms with Gasteiger partial charge in [-0.05, 0) is 32.3 Å². The quantitative estimate of drug-likeness (QED) is 0.769. The molecule has 0 spiro atoms. The zero-order valence-corrected chi connectivity index (χ0v) is 17.0. The number of nitrogens with zero attached hydrogens (tertiary/aromatic N) is 3. The maximum atomic E-state index is 12.4. The van der Waals surface area contributed by atoms with Gasteiger partial charge < -0.3 is 15.0 Å². The van der Waals surface area contributed by atoms with E-state index in [9.17, 15) is 4.79 Å². The van der Waals surface area contributed by atoms with Gasteiger partial charge >= 0.3 is 6.03 Å². The molecule has 1 fully saturated rings. The summed E-state index contributed by atoms with van der Waals surface area (Å²) in [5.41, 5.74) is 2.13. The van der Waals surface area contributed by atoms with Gasteiger partial charge in [0, 0.05) is 44.5 Å². The molecular formula is C21H31N5O2. The highest BCUT2D eigenvalue weighted by Crippen LogP contribution is 2.21. The summed E-state index contributed by atoms with van der Waals surface area (Å²) in [6.45, 7) is 7.73. The first-order valence-corrected chi connectivity index (χ1v) is 9.96. The van der Waals surface area contributed by atoms with Crippen LogP contribution in [0.2, 0.25) is 0 Å². The molecule has 0 bridgehead atoms. The van der Waals surface area contributed by atoms with Crippen molar-refractivity contribution < 1.29 is 9.53 Å². The fourth-order valence-corrected chi connectivity index (χ4v) is 3.54. The van der Waals surface area contributed by atoms with E-state index in [1.54, 1.807) is 7.11 Å². The van der Waals surface area contributed by atoms with Crippen molar-refractivity contribution >= 4 is 11.8 Å². The molecule has 2 N–H and O–H groups in total. The van der Waals surface area contributed by atoms with Crippen molar-refractivity contribution in [3.8, 4) is 0 Å². The van der Waals surface area contributed by atoms with Crippen molar-refractivity contribution in [1.29, 1.82) is 0 Å². The highest BCUT2D eigenvalue weighted by Gasteiger charge is 2.21. The summed E-state index contributed by atoms with van der Waals surface area (Å²) in [5.74, 6) is 0.609. The Morgan fingerprint density at radius 2 is 2.00 bits per heavy atom. The van der Waals surface area contributed by atoms with Crippen molar-refractivity contribution in [2.45, 2.75) is 38.8 Å². The van der Waals surface area contributed by atoms with Gasteiger partial charge in [0.15, 0.2) is 5.82 Å². The minimum Gasteiger partial charge on any atom is -0.383 e. The maximum absolute atomic E-state index is 12.4. The molecule has 2 aromatic rings. The van der Waals surface area contributed by atoms with Crippen molar-refractivity contribution in [2.75, 3.05) is 38.7 Å². The van der Waals surface area contributed by atoms with E-state index in [0.717, 1.165) is 44.6 Å². The number of benzene rings is 1. The van der Waals surface area contributed by atoms with Crippen LogP contribution >= 0.6 is 0 Å². The second-order valence-electron chi connectivity index (χ2n) is 7.43. The number of methoxy groups -OCH3 is 1. The van der Waals surface area contributed by atoms with E-state index in [1.165, 1.54) is 5.56 Å². The number of aromatic nitrogens is 2. The number of nitrogens with one attached hydrogen (secondary N) is 2. The van der Waals surface area contributed by atoms with Crippen LogP contribution in [0.25, 0.3) is 0 Å². The van der Waals surface area contributed by atoms with Crippen molar-refractivity contribution in [2.24, 2.45) is 0 Å². The monoisotopic (exact) mass is 385 g/mol. The van der Waals surface area contributed by atoms with E-state index in [4.69, 9.17) is 4.74 Å².